The van der Waals surface area contributed by atoms with Gasteiger partial charge in [-0.2, -0.15) is 5.10 Å². The summed E-state index contributed by atoms with van der Waals surface area (Å²) in [5.74, 6) is 0.645. The first kappa shape index (κ1) is 11.4. The number of nitrogens with zero attached hydrogens (tertiary/aromatic N) is 2. The number of hydrogen-bond donors (Lipinski definition) is 0. The van der Waals surface area contributed by atoms with Crippen molar-refractivity contribution in [3.8, 4) is 5.75 Å². The standard InChI is InChI=1S/C13H14N2O2/c1-11(16)12-5-2-3-6-13(12)17-10-9-15-8-4-7-14-15/h2-8H,9-10H2,1H3. The smallest absolute Gasteiger partial charge is 0.163 e. The van der Waals surface area contributed by atoms with E-state index in [-0.39, 0.29) is 5.78 Å². The molecule has 1 aromatic heterocycles. The summed E-state index contributed by atoms with van der Waals surface area (Å²) in [6, 6.07) is 9.13. The second kappa shape index (κ2) is 5.30. The van der Waals surface area contributed by atoms with Crippen molar-refractivity contribution in [2.45, 2.75) is 13.5 Å². The van der Waals surface area contributed by atoms with Gasteiger partial charge in [-0.25, -0.2) is 0 Å². The van der Waals surface area contributed by atoms with Crippen LogP contribution in [0.3, 0.4) is 0 Å². The van der Waals surface area contributed by atoms with Crippen molar-refractivity contribution in [3.05, 3.63) is 48.3 Å². The SMILES string of the molecule is CC(=O)c1ccccc1OCCn1cccn1. The summed E-state index contributed by atoms with van der Waals surface area (Å²) >= 11 is 0. The van der Waals surface area contributed by atoms with Crippen molar-refractivity contribution in [1.82, 2.24) is 9.78 Å². The lowest BCUT2D eigenvalue weighted by Crippen LogP contribution is -2.10. The molecule has 1 aromatic carbocycles. The van der Waals surface area contributed by atoms with Crippen molar-refractivity contribution >= 4 is 5.78 Å². The van der Waals surface area contributed by atoms with Gasteiger partial charge >= 0.3 is 0 Å². The van der Waals surface area contributed by atoms with Crippen molar-refractivity contribution in [2.24, 2.45) is 0 Å². The van der Waals surface area contributed by atoms with Gasteiger partial charge in [-0.1, -0.05) is 12.1 Å². The van der Waals surface area contributed by atoms with E-state index < -0.39 is 0 Å². The first-order valence-electron chi connectivity index (χ1n) is 5.47. The van der Waals surface area contributed by atoms with E-state index in [4.69, 9.17) is 4.74 Å². The molecule has 17 heavy (non-hydrogen) atoms. The second-order valence-electron chi connectivity index (χ2n) is 3.67. The normalized spacial score (nSPS) is 10.2. The summed E-state index contributed by atoms with van der Waals surface area (Å²) in [7, 11) is 0. The van der Waals surface area contributed by atoms with Crippen molar-refractivity contribution in [3.63, 3.8) is 0 Å². The van der Waals surface area contributed by atoms with Gasteiger partial charge < -0.3 is 4.74 Å². The lowest BCUT2D eigenvalue weighted by Gasteiger charge is -2.09. The zero-order valence-corrected chi connectivity index (χ0v) is 9.67. The Morgan fingerprint density at radius 2 is 2.18 bits per heavy atom. The topological polar surface area (TPSA) is 44.1 Å². The fourth-order valence-corrected chi connectivity index (χ4v) is 1.57. The summed E-state index contributed by atoms with van der Waals surface area (Å²) in [4.78, 5) is 11.4. The van der Waals surface area contributed by atoms with Crippen molar-refractivity contribution in [2.75, 3.05) is 6.61 Å². The van der Waals surface area contributed by atoms with Crippen LogP contribution in [0.4, 0.5) is 0 Å². The zero-order valence-electron chi connectivity index (χ0n) is 9.67. The molecule has 0 spiro atoms. The van der Waals surface area contributed by atoms with E-state index >= 15 is 0 Å². The summed E-state index contributed by atoms with van der Waals surface area (Å²) in [6.45, 7) is 2.70. The van der Waals surface area contributed by atoms with Gasteiger partial charge in [0.15, 0.2) is 5.78 Å². The Labute approximate surface area is 99.8 Å². The molecule has 4 heteroatoms. The van der Waals surface area contributed by atoms with E-state index in [0.717, 1.165) is 0 Å². The molecular formula is C13H14N2O2. The Kier molecular flexibility index (Phi) is 3.55. The number of aromatic nitrogens is 2. The number of carbonyl (C=O) groups is 1. The molecule has 0 aliphatic heterocycles. The Hall–Kier alpha value is -2.10. The number of ether oxygens (including phenoxy) is 1. The number of ketones is 1. The first-order chi connectivity index (χ1) is 8.27. The van der Waals surface area contributed by atoms with Crippen LogP contribution in [0.25, 0.3) is 0 Å². The van der Waals surface area contributed by atoms with E-state index in [1.165, 1.54) is 6.92 Å². The number of benzene rings is 1. The van der Waals surface area contributed by atoms with E-state index in [2.05, 4.69) is 5.10 Å². The van der Waals surface area contributed by atoms with Crippen LogP contribution in [-0.4, -0.2) is 22.2 Å². The average molecular weight is 230 g/mol. The van der Waals surface area contributed by atoms with E-state index in [1.807, 2.05) is 24.4 Å². The van der Waals surface area contributed by atoms with Gasteiger partial charge in [0.2, 0.25) is 0 Å². The van der Waals surface area contributed by atoms with E-state index in [1.54, 1.807) is 23.0 Å². The van der Waals surface area contributed by atoms with Crippen LogP contribution in [0.5, 0.6) is 5.75 Å². The molecular weight excluding hydrogens is 216 g/mol. The molecule has 0 amide bonds. The Balaban J connectivity index is 1.97. The largest absolute Gasteiger partial charge is 0.491 e. The third-order valence-electron chi connectivity index (χ3n) is 2.40. The number of rotatable bonds is 5. The first-order valence-corrected chi connectivity index (χ1v) is 5.47. The Morgan fingerprint density at radius 3 is 2.88 bits per heavy atom. The summed E-state index contributed by atoms with van der Waals surface area (Å²) in [6.07, 6.45) is 3.60. The number of hydrogen-bond acceptors (Lipinski definition) is 3. The lowest BCUT2D eigenvalue weighted by molar-refractivity contribution is 0.101. The molecule has 88 valence electrons. The van der Waals surface area contributed by atoms with E-state index in [9.17, 15) is 4.79 Å². The molecule has 0 saturated heterocycles. The predicted molar refractivity (Wildman–Crippen MR) is 64.2 cm³/mol. The van der Waals surface area contributed by atoms with Gasteiger partial charge in [-0.3, -0.25) is 9.48 Å². The molecule has 2 aromatic rings. The fraction of sp³-hybridized carbons (Fsp3) is 0.231. The van der Waals surface area contributed by atoms with Crippen LogP contribution < -0.4 is 4.74 Å². The average Bonchev–Trinajstić information content (AvgIpc) is 2.82. The van der Waals surface area contributed by atoms with Gasteiger partial charge in [-0.05, 0) is 25.1 Å². The molecule has 0 N–H and O–H groups in total. The number of Topliss-reactive ketones (excluding diaryl/α,β-unsaturated/α-hetero) is 1. The van der Waals surface area contributed by atoms with Gasteiger partial charge in [0.25, 0.3) is 0 Å². The molecule has 0 bridgehead atoms. The van der Waals surface area contributed by atoms with Gasteiger partial charge in [0.05, 0.1) is 12.1 Å². The van der Waals surface area contributed by atoms with E-state index in [0.29, 0.717) is 24.5 Å². The molecule has 0 aliphatic carbocycles. The van der Waals surface area contributed by atoms with Crippen LogP contribution in [0, 0.1) is 0 Å². The monoisotopic (exact) mass is 230 g/mol. The summed E-state index contributed by atoms with van der Waals surface area (Å²) in [5, 5.41) is 4.07. The van der Waals surface area contributed by atoms with Crippen molar-refractivity contribution < 1.29 is 9.53 Å². The molecule has 4 nitrogen and oxygen atoms in total. The molecule has 1 heterocycles. The highest BCUT2D eigenvalue weighted by Crippen LogP contribution is 2.18. The molecule has 0 aliphatic rings. The maximum absolute atomic E-state index is 11.4. The molecule has 0 unspecified atom stereocenters. The molecule has 0 fully saturated rings. The molecule has 0 atom stereocenters. The summed E-state index contributed by atoms with van der Waals surface area (Å²) in [5.41, 5.74) is 0.618. The summed E-state index contributed by atoms with van der Waals surface area (Å²) < 4.78 is 7.38. The maximum atomic E-state index is 11.4. The highest BCUT2D eigenvalue weighted by molar-refractivity contribution is 5.96. The van der Waals surface area contributed by atoms with Crippen molar-refractivity contribution in [1.29, 1.82) is 0 Å². The van der Waals surface area contributed by atoms with Crippen LogP contribution in [0.15, 0.2) is 42.7 Å². The lowest BCUT2D eigenvalue weighted by atomic mass is 10.1. The highest BCUT2D eigenvalue weighted by atomic mass is 16.5. The molecule has 2 rings (SSSR count). The third kappa shape index (κ3) is 2.93. The highest BCUT2D eigenvalue weighted by Gasteiger charge is 2.06. The van der Waals surface area contributed by atoms with Crippen LogP contribution in [-0.2, 0) is 6.54 Å². The molecule has 0 radical (unpaired) electrons. The number of para-hydroxylation sites is 1. The van der Waals surface area contributed by atoms with Gasteiger partial charge in [-0.15, -0.1) is 0 Å². The minimum Gasteiger partial charge on any atom is -0.491 e. The van der Waals surface area contributed by atoms with Crippen LogP contribution in [0.2, 0.25) is 0 Å². The zero-order chi connectivity index (χ0) is 12.1. The Morgan fingerprint density at radius 1 is 1.35 bits per heavy atom. The van der Waals surface area contributed by atoms with Gasteiger partial charge in [0.1, 0.15) is 12.4 Å². The maximum Gasteiger partial charge on any atom is 0.163 e. The fourth-order valence-electron chi connectivity index (χ4n) is 1.57. The predicted octanol–water partition coefficient (Wildman–Crippen LogP) is 2.16. The quantitative estimate of drug-likeness (QED) is 0.739. The minimum atomic E-state index is 0.0136. The third-order valence-corrected chi connectivity index (χ3v) is 2.40. The Bertz CT molecular complexity index is 492. The number of carbonyl (C=O) groups excluding carboxylic acids is 1. The minimum absolute atomic E-state index is 0.0136. The van der Waals surface area contributed by atoms with Gasteiger partial charge in [0, 0.05) is 12.4 Å². The molecule has 0 saturated carbocycles. The van der Waals surface area contributed by atoms with Crippen LogP contribution >= 0.6 is 0 Å². The van der Waals surface area contributed by atoms with Crippen LogP contribution in [0.1, 0.15) is 17.3 Å². The second-order valence-corrected chi connectivity index (χ2v) is 3.67.